The number of aliphatic hydroxyl groups excluding tert-OH is 3. The maximum atomic E-state index is 11.2. The van der Waals surface area contributed by atoms with Crippen molar-refractivity contribution in [1.82, 2.24) is 0 Å². The smallest absolute Gasteiger partial charge is 0.171 e. The fraction of sp³-hybridized carbons (Fsp3) is 1.00. The van der Waals surface area contributed by atoms with Crippen LogP contribution in [0.4, 0.5) is 0 Å². The molecule has 0 aromatic carbocycles. The van der Waals surface area contributed by atoms with Gasteiger partial charge in [0.1, 0.15) is 6.10 Å². The largest absolute Gasteiger partial charge is 0.390 e. The lowest BCUT2D eigenvalue weighted by molar-refractivity contribution is -0.274. The molecule has 3 N–H and O–H groups in total. The van der Waals surface area contributed by atoms with Crippen molar-refractivity contribution in [3.05, 3.63) is 0 Å². The van der Waals surface area contributed by atoms with E-state index in [1.807, 2.05) is 0 Å². The normalized spacial score (nSPS) is 64.0. The van der Waals surface area contributed by atoms with Crippen LogP contribution in [0.5, 0.6) is 0 Å². The third-order valence-electron chi connectivity index (χ3n) is 12.1. The van der Waals surface area contributed by atoms with E-state index >= 15 is 0 Å². The molecule has 1 spiro atoms. The van der Waals surface area contributed by atoms with Crippen molar-refractivity contribution < 1.29 is 24.8 Å². The van der Waals surface area contributed by atoms with E-state index in [1.165, 1.54) is 19.3 Å². The molecule has 32 heavy (non-hydrogen) atoms. The summed E-state index contributed by atoms with van der Waals surface area (Å²) in [6.45, 7) is 10.2. The van der Waals surface area contributed by atoms with Gasteiger partial charge in [-0.1, -0.05) is 27.7 Å². The number of ether oxygens (including phenoxy) is 2. The summed E-state index contributed by atoms with van der Waals surface area (Å²) < 4.78 is 13.3. The van der Waals surface area contributed by atoms with Crippen LogP contribution in [0.3, 0.4) is 0 Å². The molecule has 2 aliphatic heterocycles. The average molecular weight is 449 g/mol. The second-order valence-corrected chi connectivity index (χ2v) is 13.3. The molecule has 0 aromatic rings. The van der Waals surface area contributed by atoms with Crippen LogP contribution in [0.2, 0.25) is 0 Å². The molecule has 0 radical (unpaired) electrons. The quantitative estimate of drug-likeness (QED) is 0.526. The highest BCUT2D eigenvalue weighted by Crippen LogP contribution is 2.71. The first kappa shape index (κ1) is 22.3. The molecule has 0 aromatic heterocycles. The van der Waals surface area contributed by atoms with Gasteiger partial charge in [-0.05, 0) is 85.9 Å². The van der Waals surface area contributed by atoms with Crippen LogP contribution in [-0.4, -0.2) is 52.1 Å². The Hall–Kier alpha value is -0.200. The molecule has 182 valence electrons. The van der Waals surface area contributed by atoms with E-state index in [9.17, 15) is 15.3 Å². The van der Waals surface area contributed by atoms with E-state index in [2.05, 4.69) is 27.7 Å². The van der Waals surface area contributed by atoms with Gasteiger partial charge in [-0.2, -0.15) is 0 Å². The van der Waals surface area contributed by atoms with Gasteiger partial charge < -0.3 is 24.8 Å². The number of fused-ring (bicyclic) bond motifs is 7. The molecule has 14 atom stereocenters. The van der Waals surface area contributed by atoms with Crippen molar-refractivity contribution >= 4 is 0 Å². The maximum Gasteiger partial charge on any atom is 0.171 e. The molecular weight excluding hydrogens is 404 g/mol. The van der Waals surface area contributed by atoms with Crippen LogP contribution in [0, 0.1) is 52.3 Å². The van der Waals surface area contributed by atoms with Crippen LogP contribution >= 0.6 is 0 Å². The van der Waals surface area contributed by atoms with Gasteiger partial charge in [0, 0.05) is 17.8 Å². The molecule has 14 unspecified atom stereocenters. The summed E-state index contributed by atoms with van der Waals surface area (Å²) in [6, 6.07) is 0. The summed E-state index contributed by atoms with van der Waals surface area (Å²) in [6.07, 6.45) is 6.17. The lowest BCUT2D eigenvalue weighted by atomic mass is 9.43. The zero-order valence-corrected chi connectivity index (χ0v) is 20.4. The van der Waals surface area contributed by atoms with Gasteiger partial charge in [0.05, 0.1) is 24.9 Å². The third kappa shape index (κ3) is 2.69. The van der Waals surface area contributed by atoms with E-state index in [-0.39, 0.29) is 16.6 Å². The lowest BCUT2D eigenvalue weighted by Crippen LogP contribution is -2.64. The Morgan fingerprint density at radius 1 is 0.875 bits per heavy atom. The molecule has 6 aliphatic rings. The third-order valence-corrected chi connectivity index (χ3v) is 12.1. The Morgan fingerprint density at radius 2 is 1.66 bits per heavy atom. The molecule has 2 saturated heterocycles. The van der Waals surface area contributed by atoms with Crippen LogP contribution in [0.25, 0.3) is 0 Å². The zero-order valence-electron chi connectivity index (χ0n) is 20.4. The van der Waals surface area contributed by atoms with E-state index < -0.39 is 18.3 Å². The van der Waals surface area contributed by atoms with Crippen molar-refractivity contribution in [2.24, 2.45) is 52.3 Å². The molecule has 4 aliphatic carbocycles. The van der Waals surface area contributed by atoms with Crippen molar-refractivity contribution in [3.63, 3.8) is 0 Å². The summed E-state index contributed by atoms with van der Waals surface area (Å²) in [5.41, 5.74) is -0.0287. The fourth-order valence-corrected chi connectivity index (χ4v) is 10.3. The van der Waals surface area contributed by atoms with Gasteiger partial charge >= 0.3 is 0 Å². The highest BCUT2D eigenvalue weighted by atomic mass is 16.7. The predicted molar refractivity (Wildman–Crippen MR) is 121 cm³/mol. The van der Waals surface area contributed by atoms with E-state index in [0.29, 0.717) is 54.0 Å². The van der Waals surface area contributed by atoms with Gasteiger partial charge in [0.2, 0.25) is 0 Å². The maximum absolute atomic E-state index is 11.2. The highest BCUT2D eigenvalue weighted by molar-refractivity contribution is 5.17. The molecule has 6 rings (SSSR count). The monoisotopic (exact) mass is 448 g/mol. The van der Waals surface area contributed by atoms with Gasteiger partial charge in [-0.15, -0.1) is 0 Å². The minimum Gasteiger partial charge on any atom is -0.390 e. The van der Waals surface area contributed by atoms with Gasteiger partial charge in [-0.25, -0.2) is 0 Å². The standard InChI is InChI=1S/C27H44O5/c1-14-7-10-27(31-13-14)15(2)22-21(32-27)12-19-17-6-5-16-11-20(28)23(29)24(30)26(16,4)18(17)8-9-25(19,22)3/h14-24,28-30H,5-13H2,1-4H3. The highest BCUT2D eigenvalue weighted by Gasteiger charge is 2.70. The summed E-state index contributed by atoms with van der Waals surface area (Å²) >= 11 is 0. The molecule has 0 bridgehead atoms. The number of rotatable bonds is 0. The van der Waals surface area contributed by atoms with Gasteiger partial charge in [0.25, 0.3) is 0 Å². The molecule has 5 nitrogen and oxygen atoms in total. The first-order chi connectivity index (χ1) is 15.1. The first-order valence-corrected chi connectivity index (χ1v) is 13.5. The van der Waals surface area contributed by atoms with Crippen molar-refractivity contribution in [2.45, 2.75) is 109 Å². The van der Waals surface area contributed by atoms with E-state index in [4.69, 9.17) is 9.47 Å². The Labute approximate surface area is 193 Å². The Morgan fingerprint density at radius 3 is 2.38 bits per heavy atom. The van der Waals surface area contributed by atoms with Crippen LogP contribution in [0.15, 0.2) is 0 Å². The minimum atomic E-state index is -1.01. The molecule has 0 amide bonds. The minimum absolute atomic E-state index is 0.266. The first-order valence-electron chi connectivity index (χ1n) is 13.5. The van der Waals surface area contributed by atoms with Crippen LogP contribution in [0.1, 0.15) is 79.1 Å². The second kappa shape index (κ2) is 7.16. The zero-order chi connectivity index (χ0) is 22.6. The molecule has 2 heterocycles. The molecule has 4 saturated carbocycles. The molecule has 5 heteroatoms. The van der Waals surface area contributed by atoms with Gasteiger partial charge in [-0.3, -0.25) is 0 Å². The predicted octanol–water partition coefficient (Wildman–Crippen LogP) is 3.74. The van der Waals surface area contributed by atoms with E-state index in [0.717, 1.165) is 32.3 Å². The van der Waals surface area contributed by atoms with Gasteiger partial charge in [0.15, 0.2) is 5.79 Å². The summed E-state index contributed by atoms with van der Waals surface area (Å²) in [7, 11) is 0. The number of aliphatic hydroxyl groups is 3. The fourth-order valence-electron chi connectivity index (χ4n) is 10.3. The van der Waals surface area contributed by atoms with Crippen molar-refractivity contribution in [3.8, 4) is 0 Å². The Bertz CT molecular complexity index is 744. The van der Waals surface area contributed by atoms with Crippen LogP contribution in [-0.2, 0) is 9.47 Å². The number of hydrogen-bond donors (Lipinski definition) is 3. The van der Waals surface area contributed by atoms with Crippen LogP contribution < -0.4 is 0 Å². The topological polar surface area (TPSA) is 79.2 Å². The summed E-state index contributed by atoms with van der Waals surface area (Å²) in [5, 5.41) is 32.1. The molecule has 6 fully saturated rings. The van der Waals surface area contributed by atoms with E-state index in [1.54, 1.807) is 0 Å². The Kier molecular flexibility index (Phi) is 4.99. The Balaban J connectivity index is 1.28. The second-order valence-electron chi connectivity index (χ2n) is 13.3. The number of hydrogen-bond acceptors (Lipinski definition) is 5. The van der Waals surface area contributed by atoms with Crippen molar-refractivity contribution in [2.75, 3.05) is 6.61 Å². The van der Waals surface area contributed by atoms with Crippen molar-refractivity contribution in [1.29, 1.82) is 0 Å². The SMILES string of the molecule is CC1CCC2(OC1)OC1CC3C4CCC5CC(O)C(O)C(O)C5(C)C4CCC3(C)C1C2C. The summed E-state index contributed by atoms with van der Waals surface area (Å²) in [4.78, 5) is 0. The summed E-state index contributed by atoms with van der Waals surface area (Å²) in [5.74, 6) is 3.17. The average Bonchev–Trinajstić information content (AvgIpc) is 3.21. The lowest BCUT2D eigenvalue weighted by Gasteiger charge is -2.63. The molecular formula is C27H44O5.